The lowest BCUT2D eigenvalue weighted by Crippen LogP contribution is -1.96. The number of rotatable bonds is 4. The van der Waals surface area contributed by atoms with Gasteiger partial charge in [0.05, 0.1) is 0 Å². The van der Waals surface area contributed by atoms with Crippen LogP contribution in [0.15, 0.2) is 24.3 Å². The minimum atomic E-state index is -0.355. The molecule has 0 N–H and O–H groups in total. The van der Waals surface area contributed by atoms with E-state index in [4.69, 9.17) is 11.6 Å². The summed E-state index contributed by atoms with van der Waals surface area (Å²) in [4.78, 5) is 11.0. The van der Waals surface area contributed by atoms with Gasteiger partial charge in [-0.2, -0.15) is 0 Å². The summed E-state index contributed by atoms with van der Waals surface area (Å²) in [5.74, 6) is 0. The SMILES string of the molecule is CCCCc1ccccc1C(=O)Cl. The molecule has 1 aromatic rings. The van der Waals surface area contributed by atoms with Gasteiger partial charge >= 0.3 is 0 Å². The van der Waals surface area contributed by atoms with Crippen molar-refractivity contribution in [3.63, 3.8) is 0 Å². The van der Waals surface area contributed by atoms with E-state index in [0.717, 1.165) is 24.8 Å². The zero-order valence-electron chi connectivity index (χ0n) is 7.72. The molecule has 0 amide bonds. The Hall–Kier alpha value is -0.820. The van der Waals surface area contributed by atoms with E-state index in [2.05, 4.69) is 6.92 Å². The maximum Gasteiger partial charge on any atom is 0.252 e. The number of halogens is 1. The molecule has 70 valence electrons. The quantitative estimate of drug-likeness (QED) is 0.675. The number of unbranched alkanes of at least 4 members (excludes halogenated alkanes) is 1. The largest absolute Gasteiger partial charge is 0.276 e. The molecule has 0 spiro atoms. The molecule has 13 heavy (non-hydrogen) atoms. The zero-order chi connectivity index (χ0) is 9.68. The highest BCUT2D eigenvalue weighted by atomic mass is 35.5. The predicted molar refractivity (Wildman–Crippen MR) is 55.2 cm³/mol. The molecule has 0 unspecified atom stereocenters. The minimum Gasteiger partial charge on any atom is -0.276 e. The monoisotopic (exact) mass is 196 g/mol. The summed E-state index contributed by atoms with van der Waals surface area (Å²) in [6.45, 7) is 2.13. The molecule has 0 heterocycles. The van der Waals surface area contributed by atoms with Crippen LogP contribution in [-0.4, -0.2) is 5.24 Å². The van der Waals surface area contributed by atoms with Crippen LogP contribution < -0.4 is 0 Å². The Balaban J connectivity index is 2.84. The molecule has 0 aliphatic rings. The van der Waals surface area contributed by atoms with Gasteiger partial charge in [-0.05, 0) is 36.1 Å². The number of carbonyl (C=O) groups is 1. The summed E-state index contributed by atoms with van der Waals surface area (Å²) >= 11 is 5.45. The van der Waals surface area contributed by atoms with Gasteiger partial charge in [-0.1, -0.05) is 31.5 Å². The van der Waals surface area contributed by atoms with Gasteiger partial charge in [0.2, 0.25) is 0 Å². The van der Waals surface area contributed by atoms with E-state index in [1.807, 2.05) is 18.2 Å². The standard InChI is InChI=1S/C11H13ClO/c1-2-3-6-9-7-4-5-8-10(9)11(12)13/h4-5,7-8H,2-3,6H2,1H3. The molecule has 0 radical (unpaired) electrons. The Labute approximate surface area is 83.7 Å². The van der Waals surface area contributed by atoms with Crippen molar-refractivity contribution in [2.75, 3.05) is 0 Å². The zero-order valence-corrected chi connectivity index (χ0v) is 8.47. The van der Waals surface area contributed by atoms with Crippen LogP contribution >= 0.6 is 11.6 Å². The van der Waals surface area contributed by atoms with Crippen molar-refractivity contribution in [3.8, 4) is 0 Å². The van der Waals surface area contributed by atoms with Crippen LogP contribution in [0.5, 0.6) is 0 Å². The van der Waals surface area contributed by atoms with Gasteiger partial charge in [-0.3, -0.25) is 4.79 Å². The van der Waals surface area contributed by atoms with Crippen LogP contribution in [0.3, 0.4) is 0 Å². The third-order valence-corrected chi connectivity index (χ3v) is 2.23. The average Bonchev–Trinajstić information content (AvgIpc) is 2.15. The van der Waals surface area contributed by atoms with Gasteiger partial charge in [0.15, 0.2) is 0 Å². The van der Waals surface area contributed by atoms with Gasteiger partial charge in [-0.25, -0.2) is 0 Å². The van der Waals surface area contributed by atoms with Crippen LogP contribution in [0.4, 0.5) is 0 Å². The fraction of sp³-hybridized carbons (Fsp3) is 0.364. The molecule has 0 bridgehead atoms. The molecule has 0 aromatic heterocycles. The second-order valence-corrected chi connectivity index (χ2v) is 3.38. The van der Waals surface area contributed by atoms with E-state index in [-0.39, 0.29) is 5.24 Å². The highest BCUT2D eigenvalue weighted by molar-refractivity contribution is 6.67. The second kappa shape index (κ2) is 5.03. The molecule has 0 saturated carbocycles. The fourth-order valence-electron chi connectivity index (χ4n) is 1.30. The van der Waals surface area contributed by atoms with Crippen LogP contribution in [0, 0.1) is 0 Å². The molecular weight excluding hydrogens is 184 g/mol. The van der Waals surface area contributed by atoms with Gasteiger partial charge in [-0.15, -0.1) is 0 Å². The molecule has 1 aromatic carbocycles. The topological polar surface area (TPSA) is 17.1 Å². The van der Waals surface area contributed by atoms with E-state index in [0.29, 0.717) is 5.56 Å². The maximum absolute atomic E-state index is 11.0. The van der Waals surface area contributed by atoms with E-state index in [1.54, 1.807) is 6.07 Å². The van der Waals surface area contributed by atoms with Crippen molar-refractivity contribution in [1.29, 1.82) is 0 Å². The van der Waals surface area contributed by atoms with Crippen molar-refractivity contribution in [2.45, 2.75) is 26.2 Å². The van der Waals surface area contributed by atoms with Crippen molar-refractivity contribution < 1.29 is 4.79 Å². The predicted octanol–water partition coefficient (Wildman–Crippen LogP) is 3.41. The first kappa shape index (κ1) is 10.3. The molecule has 0 fully saturated rings. The van der Waals surface area contributed by atoms with Crippen LogP contribution in [0.25, 0.3) is 0 Å². The smallest absolute Gasteiger partial charge is 0.252 e. The summed E-state index contributed by atoms with van der Waals surface area (Å²) in [6, 6.07) is 7.52. The highest BCUT2D eigenvalue weighted by Gasteiger charge is 2.06. The fourth-order valence-corrected chi connectivity index (χ4v) is 1.48. The minimum absolute atomic E-state index is 0.355. The lowest BCUT2D eigenvalue weighted by molar-refractivity contribution is 0.108. The van der Waals surface area contributed by atoms with E-state index in [9.17, 15) is 4.79 Å². The Morgan fingerprint density at radius 1 is 1.38 bits per heavy atom. The lowest BCUT2D eigenvalue weighted by atomic mass is 10.0. The summed E-state index contributed by atoms with van der Waals surface area (Å²) in [6.07, 6.45) is 3.16. The third kappa shape index (κ3) is 2.85. The lowest BCUT2D eigenvalue weighted by Gasteiger charge is -2.03. The number of aryl methyl sites for hydroxylation is 1. The normalized spacial score (nSPS) is 10.0. The Morgan fingerprint density at radius 2 is 2.08 bits per heavy atom. The van der Waals surface area contributed by atoms with E-state index in [1.165, 1.54) is 0 Å². The summed E-state index contributed by atoms with van der Waals surface area (Å²) in [5, 5.41) is -0.355. The Bertz CT molecular complexity index is 294. The summed E-state index contributed by atoms with van der Waals surface area (Å²) in [5.41, 5.74) is 1.71. The number of carbonyl (C=O) groups excluding carboxylic acids is 1. The highest BCUT2D eigenvalue weighted by Crippen LogP contribution is 2.14. The average molecular weight is 197 g/mol. The van der Waals surface area contributed by atoms with Crippen molar-refractivity contribution >= 4 is 16.8 Å². The molecule has 1 rings (SSSR count). The van der Waals surface area contributed by atoms with Gasteiger partial charge < -0.3 is 0 Å². The summed E-state index contributed by atoms with van der Waals surface area (Å²) in [7, 11) is 0. The van der Waals surface area contributed by atoms with Crippen LogP contribution in [0.1, 0.15) is 35.7 Å². The number of hydrogen-bond donors (Lipinski definition) is 0. The first-order valence-corrected chi connectivity index (χ1v) is 4.91. The number of benzene rings is 1. The van der Waals surface area contributed by atoms with Crippen LogP contribution in [0.2, 0.25) is 0 Å². The van der Waals surface area contributed by atoms with Crippen LogP contribution in [-0.2, 0) is 6.42 Å². The second-order valence-electron chi connectivity index (χ2n) is 3.03. The maximum atomic E-state index is 11.0. The van der Waals surface area contributed by atoms with Crippen molar-refractivity contribution in [2.24, 2.45) is 0 Å². The Kier molecular flexibility index (Phi) is 3.97. The first-order chi connectivity index (χ1) is 6.25. The molecule has 2 heteroatoms. The molecule has 1 nitrogen and oxygen atoms in total. The molecular formula is C11H13ClO. The molecule has 0 atom stereocenters. The van der Waals surface area contributed by atoms with Gasteiger partial charge in [0.25, 0.3) is 5.24 Å². The molecule has 0 saturated heterocycles. The molecule has 0 aliphatic carbocycles. The summed E-state index contributed by atoms with van der Waals surface area (Å²) < 4.78 is 0. The van der Waals surface area contributed by atoms with Crippen molar-refractivity contribution in [1.82, 2.24) is 0 Å². The van der Waals surface area contributed by atoms with E-state index < -0.39 is 0 Å². The molecule has 0 aliphatic heterocycles. The van der Waals surface area contributed by atoms with Gasteiger partial charge in [0, 0.05) is 5.56 Å². The van der Waals surface area contributed by atoms with Crippen molar-refractivity contribution in [3.05, 3.63) is 35.4 Å². The van der Waals surface area contributed by atoms with Gasteiger partial charge in [0.1, 0.15) is 0 Å². The Morgan fingerprint density at radius 3 is 2.69 bits per heavy atom. The first-order valence-electron chi connectivity index (χ1n) is 4.53. The number of hydrogen-bond acceptors (Lipinski definition) is 1. The van der Waals surface area contributed by atoms with E-state index >= 15 is 0 Å². The third-order valence-electron chi connectivity index (χ3n) is 2.03.